The van der Waals surface area contributed by atoms with E-state index < -0.39 is 9.05 Å². The Labute approximate surface area is 137 Å². The molecule has 0 fully saturated rings. The Morgan fingerprint density at radius 2 is 1.76 bits per heavy atom. The van der Waals surface area contributed by atoms with E-state index in [-0.39, 0.29) is 4.90 Å². The summed E-state index contributed by atoms with van der Waals surface area (Å²) in [6.07, 6.45) is 0. The Kier molecular flexibility index (Phi) is 4.96. The highest BCUT2D eigenvalue weighted by Gasteiger charge is 2.14. The van der Waals surface area contributed by atoms with Crippen LogP contribution in [-0.4, -0.2) is 8.42 Å². The molecule has 0 heterocycles. The SMILES string of the molecule is Cc1cc(S(=O)(=O)Cl)cc(C)c1OCc1cccc(Br)c1. The van der Waals surface area contributed by atoms with E-state index in [4.69, 9.17) is 15.4 Å². The van der Waals surface area contributed by atoms with Gasteiger partial charge in [0, 0.05) is 15.2 Å². The van der Waals surface area contributed by atoms with E-state index in [0.29, 0.717) is 12.4 Å². The fourth-order valence-electron chi connectivity index (χ4n) is 2.06. The smallest absolute Gasteiger partial charge is 0.261 e. The van der Waals surface area contributed by atoms with Crippen LogP contribution in [0.4, 0.5) is 0 Å². The highest BCUT2D eigenvalue weighted by atomic mass is 79.9. The van der Waals surface area contributed by atoms with Crippen molar-refractivity contribution in [3.63, 3.8) is 0 Å². The summed E-state index contributed by atoms with van der Waals surface area (Å²) in [5.74, 6) is 0.680. The van der Waals surface area contributed by atoms with Crippen molar-refractivity contribution in [3.8, 4) is 5.75 Å². The van der Waals surface area contributed by atoms with Crippen molar-refractivity contribution in [2.45, 2.75) is 25.3 Å². The molecule has 0 spiro atoms. The first-order valence-corrected chi connectivity index (χ1v) is 9.31. The van der Waals surface area contributed by atoms with Gasteiger partial charge in [0.25, 0.3) is 9.05 Å². The van der Waals surface area contributed by atoms with Crippen LogP contribution >= 0.6 is 26.6 Å². The molecular weight excluding hydrogens is 376 g/mol. The molecular formula is C15H14BrClO3S. The van der Waals surface area contributed by atoms with Gasteiger partial charge in [0.1, 0.15) is 12.4 Å². The number of ether oxygens (including phenoxy) is 1. The van der Waals surface area contributed by atoms with Gasteiger partial charge in [0.2, 0.25) is 0 Å². The molecule has 112 valence electrons. The molecule has 2 aromatic rings. The lowest BCUT2D eigenvalue weighted by atomic mass is 10.1. The molecule has 0 saturated carbocycles. The average molecular weight is 390 g/mol. The van der Waals surface area contributed by atoms with Gasteiger partial charge in [-0.1, -0.05) is 28.1 Å². The number of hydrogen-bond acceptors (Lipinski definition) is 3. The summed E-state index contributed by atoms with van der Waals surface area (Å²) in [4.78, 5) is 0.0916. The number of hydrogen-bond donors (Lipinski definition) is 0. The third-order valence-corrected chi connectivity index (χ3v) is 4.81. The van der Waals surface area contributed by atoms with E-state index in [2.05, 4.69) is 15.9 Å². The number of rotatable bonds is 4. The highest BCUT2D eigenvalue weighted by molar-refractivity contribution is 9.10. The van der Waals surface area contributed by atoms with E-state index in [0.717, 1.165) is 21.2 Å². The summed E-state index contributed by atoms with van der Waals surface area (Å²) in [6, 6.07) is 10.9. The number of benzene rings is 2. The van der Waals surface area contributed by atoms with Gasteiger partial charge >= 0.3 is 0 Å². The van der Waals surface area contributed by atoms with Crippen molar-refractivity contribution in [2.75, 3.05) is 0 Å². The zero-order valence-electron chi connectivity index (χ0n) is 11.6. The lowest BCUT2D eigenvalue weighted by Gasteiger charge is -2.13. The Bertz CT molecular complexity index is 749. The van der Waals surface area contributed by atoms with Crippen LogP contribution < -0.4 is 4.74 Å². The van der Waals surface area contributed by atoms with E-state index >= 15 is 0 Å². The first-order valence-electron chi connectivity index (χ1n) is 6.20. The number of halogens is 2. The summed E-state index contributed by atoms with van der Waals surface area (Å²) < 4.78 is 29.6. The molecule has 21 heavy (non-hydrogen) atoms. The van der Waals surface area contributed by atoms with Crippen molar-refractivity contribution >= 4 is 35.7 Å². The third kappa shape index (κ3) is 4.22. The lowest BCUT2D eigenvalue weighted by molar-refractivity contribution is 0.301. The van der Waals surface area contributed by atoms with Crippen LogP contribution in [0.3, 0.4) is 0 Å². The fourth-order valence-corrected chi connectivity index (χ4v) is 3.41. The molecule has 0 aliphatic heterocycles. The maximum Gasteiger partial charge on any atom is 0.261 e. The lowest BCUT2D eigenvalue weighted by Crippen LogP contribution is -2.01. The van der Waals surface area contributed by atoms with E-state index in [9.17, 15) is 8.42 Å². The summed E-state index contributed by atoms with van der Waals surface area (Å²) in [5.41, 5.74) is 2.51. The molecule has 0 radical (unpaired) electrons. The molecule has 6 heteroatoms. The Hall–Kier alpha value is -1.04. The zero-order valence-corrected chi connectivity index (χ0v) is 14.7. The first-order chi connectivity index (χ1) is 9.77. The molecule has 0 aromatic heterocycles. The fraction of sp³-hybridized carbons (Fsp3) is 0.200. The minimum absolute atomic E-state index is 0.0916. The highest BCUT2D eigenvalue weighted by Crippen LogP contribution is 2.29. The van der Waals surface area contributed by atoms with Crippen molar-refractivity contribution in [2.24, 2.45) is 0 Å². The van der Waals surface area contributed by atoms with Crippen molar-refractivity contribution in [1.82, 2.24) is 0 Å². The van der Waals surface area contributed by atoms with Gasteiger partial charge in [-0.25, -0.2) is 8.42 Å². The van der Waals surface area contributed by atoms with Crippen LogP contribution in [0.15, 0.2) is 45.8 Å². The monoisotopic (exact) mass is 388 g/mol. The molecule has 0 unspecified atom stereocenters. The van der Waals surface area contributed by atoms with Crippen LogP contribution in [0, 0.1) is 13.8 Å². The Morgan fingerprint density at radius 3 is 2.29 bits per heavy atom. The minimum atomic E-state index is -3.73. The van der Waals surface area contributed by atoms with Gasteiger partial charge in [-0.15, -0.1) is 0 Å². The van der Waals surface area contributed by atoms with E-state index in [1.807, 2.05) is 24.3 Å². The number of aryl methyl sites for hydroxylation is 2. The molecule has 2 aromatic carbocycles. The summed E-state index contributed by atoms with van der Waals surface area (Å²) >= 11 is 3.41. The maximum atomic E-state index is 11.4. The zero-order chi connectivity index (χ0) is 15.6. The largest absolute Gasteiger partial charge is 0.488 e. The van der Waals surface area contributed by atoms with Gasteiger partial charge in [0.05, 0.1) is 4.90 Å². The van der Waals surface area contributed by atoms with Gasteiger partial charge in [0.15, 0.2) is 0 Å². The Balaban J connectivity index is 2.25. The average Bonchev–Trinajstić information content (AvgIpc) is 2.36. The van der Waals surface area contributed by atoms with Crippen molar-refractivity contribution < 1.29 is 13.2 Å². The second-order valence-corrected chi connectivity index (χ2v) is 8.22. The van der Waals surface area contributed by atoms with E-state index in [1.165, 1.54) is 12.1 Å². The van der Waals surface area contributed by atoms with Crippen LogP contribution in [-0.2, 0) is 15.7 Å². The molecule has 3 nitrogen and oxygen atoms in total. The van der Waals surface area contributed by atoms with Gasteiger partial charge in [-0.3, -0.25) is 0 Å². The summed E-state index contributed by atoms with van der Waals surface area (Å²) in [7, 11) is 1.64. The van der Waals surface area contributed by atoms with Gasteiger partial charge < -0.3 is 4.74 Å². The second-order valence-electron chi connectivity index (χ2n) is 4.74. The molecule has 0 atom stereocenters. The predicted molar refractivity (Wildman–Crippen MR) is 87.4 cm³/mol. The predicted octanol–water partition coefficient (Wildman–Crippen LogP) is 4.57. The van der Waals surface area contributed by atoms with E-state index in [1.54, 1.807) is 13.8 Å². The van der Waals surface area contributed by atoms with Crippen molar-refractivity contribution in [1.29, 1.82) is 0 Å². The summed E-state index contributed by atoms with van der Waals surface area (Å²) in [5, 5.41) is 0. The molecule has 0 bridgehead atoms. The van der Waals surface area contributed by atoms with Gasteiger partial charge in [-0.2, -0.15) is 0 Å². The van der Waals surface area contributed by atoms with Crippen LogP contribution in [0.5, 0.6) is 5.75 Å². The molecule has 0 saturated heterocycles. The van der Waals surface area contributed by atoms with Crippen LogP contribution in [0.1, 0.15) is 16.7 Å². The molecule has 0 amide bonds. The minimum Gasteiger partial charge on any atom is -0.488 e. The van der Waals surface area contributed by atoms with Crippen LogP contribution in [0.2, 0.25) is 0 Å². The topological polar surface area (TPSA) is 43.4 Å². The molecule has 0 aliphatic carbocycles. The molecule has 2 rings (SSSR count). The molecule has 0 aliphatic rings. The van der Waals surface area contributed by atoms with Crippen LogP contribution in [0.25, 0.3) is 0 Å². The second kappa shape index (κ2) is 6.38. The molecule has 0 N–H and O–H groups in total. The first kappa shape index (κ1) is 16.3. The quantitative estimate of drug-likeness (QED) is 0.719. The maximum absolute atomic E-state index is 11.4. The standard InChI is InChI=1S/C15H14BrClO3S/c1-10-6-14(21(17,18)19)7-11(2)15(10)20-9-12-4-3-5-13(16)8-12/h3-8H,9H2,1-2H3. The summed E-state index contributed by atoms with van der Waals surface area (Å²) in [6.45, 7) is 4.01. The third-order valence-electron chi connectivity index (χ3n) is 2.99. The van der Waals surface area contributed by atoms with Crippen molar-refractivity contribution in [3.05, 3.63) is 57.6 Å². The van der Waals surface area contributed by atoms with Gasteiger partial charge in [-0.05, 0) is 54.8 Å². The Morgan fingerprint density at radius 1 is 1.14 bits per heavy atom. The normalized spacial score (nSPS) is 11.4.